The normalized spacial score (nSPS) is 12.7. The van der Waals surface area contributed by atoms with E-state index in [-0.39, 0.29) is 4.83 Å². The lowest BCUT2D eigenvalue weighted by Gasteiger charge is -2.06. The van der Waals surface area contributed by atoms with Crippen LogP contribution in [-0.4, -0.2) is 15.0 Å². The Hall–Kier alpha value is -0.680. The monoisotopic (exact) mass is 357 g/mol. The van der Waals surface area contributed by atoms with Gasteiger partial charge < -0.3 is 0 Å². The van der Waals surface area contributed by atoms with Crippen LogP contribution in [0.5, 0.6) is 0 Å². The molecule has 1 atom stereocenters. The third-order valence-electron chi connectivity index (χ3n) is 2.68. The van der Waals surface area contributed by atoms with Crippen molar-refractivity contribution in [1.29, 1.82) is 0 Å². The van der Waals surface area contributed by atoms with Crippen molar-refractivity contribution < 1.29 is 0 Å². The quantitative estimate of drug-likeness (QED) is 0.770. The zero-order valence-electron chi connectivity index (χ0n) is 9.69. The predicted molar refractivity (Wildman–Crippen MR) is 75.8 cm³/mol. The van der Waals surface area contributed by atoms with Crippen LogP contribution in [0.4, 0.5) is 0 Å². The van der Waals surface area contributed by atoms with E-state index in [9.17, 15) is 0 Å². The van der Waals surface area contributed by atoms with Crippen molar-refractivity contribution in [3.63, 3.8) is 0 Å². The van der Waals surface area contributed by atoms with Gasteiger partial charge in [0.1, 0.15) is 0 Å². The van der Waals surface area contributed by atoms with E-state index in [0.29, 0.717) is 0 Å². The summed E-state index contributed by atoms with van der Waals surface area (Å²) in [5.41, 5.74) is 3.17. The zero-order chi connectivity index (χ0) is 12.4. The standard InChI is InChI=1S/C12H13Br2N3/c1-3-9(13)11-7-17(16-15-11)12-6-4-5-10(14)8(12)2/h4-7,9H,3H2,1-2H3. The molecule has 3 nitrogen and oxygen atoms in total. The molecule has 2 rings (SSSR count). The van der Waals surface area contributed by atoms with Crippen LogP contribution >= 0.6 is 31.9 Å². The van der Waals surface area contributed by atoms with Gasteiger partial charge in [-0.25, -0.2) is 4.68 Å². The highest BCUT2D eigenvalue weighted by molar-refractivity contribution is 9.10. The van der Waals surface area contributed by atoms with E-state index in [2.05, 4.69) is 56.0 Å². The average molecular weight is 359 g/mol. The van der Waals surface area contributed by atoms with Crippen LogP contribution in [0.15, 0.2) is 28.9 Å². The molecule has 2 aromatic rings. The molecule has 0 bridgehead atoms. The third-order valence-corrected chi connectivity index (χ3v) is 4.65. The molecule has 0 aliphatic carbocycles. The molecule has 0 radical (unpaired) electrons. The summed E-state index contributed by atoms with van der Waals surface area (Å²) in [6.45, 7) is 4.18. The summed E-state index contributed by atoms with van der Waals surface area (Å²) in [5.74, 6) is 0. The van der Waals surface area contributed by atoms with Gasteiger partial charge >= 0.3 is 0 Å². The fraction of sp³-hybridized carbons (Fsp3) is 0.333. The number of hydrogen-bond acceptors (Lipinski definition) is 2. The largest absolute Gasteiger partial charge is 0.220 e. The Bertz CT molecular complexity index is 522. The number of nitrogens with zero attached hydrogens (tertiary/aromatic N) is 3. The maximum atomic E-state index is 4.18. The number of hydrogen-bond donors (Lipinski definition) is 0. The van der Waals surface area contributed by atoms with E-state index in [4.69, 9.17) is 0 Å². The minimum Gasteiger partial charge on any atom is -0.220 e. The van der Waals surface area contributed by atoms with Crippen LogP contribution in [0, 0.1) is 6.92 Å². The summed E-state index contributed by atoms with van der Waals surface area (Å²) in [5, 5.41) is 8.36. The molecule has 1 aromatic carbocycles. The fourth-order valence-electron chi connectivity index (χ4n) is 1.59. The van der Waals surface area contributed by atoms with Gasteiger partial charge in [0.05, 0.1) is 22.4 Å². The molecule has 1 heterocycles. The van der Waals surface area contributed by atoms with Crippen LogP contribution in [-0.2, 0) is 0 Å². The van der Waals surface area contributed by atoms with Crippen LogP contribution < -0.4 is 0 Å². The first-order valence-corrected chi connectivity index (χ1v) is 7.16. The minimum absolute atomic E-state index is 0.267. The predicted octanol–water partition coefficient (Wildman–Crippen LogP) is 4.18. The molecule has 0 saturated heterocycles. The first-order valence-electron chi connectivity index (χ1n) is 5.45. The summed E-state index contributed by atoms with van der Waals surface area (Å²) < 4.78 is 2.90. The number of alkyl halides is 1. The molecule has 17 heavy (non-hydrogen) atoms. The third kappa shape index (κ3) is 2.60. The molecular weight excluding hydrogens is 346 g/mol. The van der Waals surface area contributed by atoms with Gasteiger partial charge in [-0.2, -0.15) is 0 Å². The van der Waals surface area contributed by atoms with Gasteiger partial charge in [-0.1, -0.05) is 50.1 Å². The highest BCUT2D eigenvalue weighted by atomic mass is 79.9. The van der Waals surface area contributed by atoms with Crippen LogP contribution in [0.1, 0.15) is 29.4 Å². The molecule has 0 aliphatic heterocycles. The highest BCUT2D eigenvalue weighted by Gasteiger charge is 2.11. The lowest BCUT2D eigenvalue weighted by Crippen LogP contribution is -1.98. The molecule has 5 heteroatoms. The highest BCUT2D eigenvalue weighted by Crippen LogP contribution is 2.26. The fourth-order valence-corrected chi connectivity index (χ4v) is 2.16. The summed E-state index contributed by atoms with van der Waals surface area (Å²) in [4.78, 5) is 0.267. The van der Waals surface area contributed by atoms with Crippen molar-refractivity contribution in [2.24, 2.45) is 0 Å². The Morgan fingerprint density at radius 1 is 1.41 bits per heavy atom. The van der Waals surface area contributed by atoms with Crippen molar-refractivity contribution in [2.75, 3.05) is 0 Å². The second-order valence-electron chi connectivity index (χ2n) is 3.85. The molecular formula is C12H13Br2N3. The number of rotatable bonds is 3. The smallest absolute Gasteiger partial charge is 0.0967 e. The average Bonchev–Trinajstić information content (AvgIpc) is 2.81. The molecule has 0 aliphatic rings. The second-order valence-corrected chi connectivity index (χ2v) is 5.81. The Morgan fingerprint density at radius 3 is 2.88 bits per heavy atom. The van der Waals surface area contributed by atoms with Gasteiger partial charge in [-0.15, -0.1) is 5.10 Å². The zero-order valence-corrected chi connectivity index (χ0v) is 12.9. The Balaban J connectivity index is 2.40. The molecule has 1 aromatic heterocycles. The Morgan fingerprint density at radius 2 is 2.18 bits per heavy atom. The number of aromatic nitrogens is 3. The van der Waals surface area contributed by atoms with E-state index in [1.807, 2.05) is 29.1 Å². The molecule has 0 fully saturated rings. The van der Waals surface area contributed by atoms with Crippen LogP contribution in [0.25, 0.3) is 5.69 Å². The Labute approximate surface area is 117 Å². The van der Waals surface area contributed by atoms with Gasteiger partial charge in [0.25, 0.3) is 0 Å². The molecule has 0 spiro atoms. The number of halogens is 2. The second kappa shape index (κ2) is 5.31. The van der Waals surface area contributed by atoms with Gasteiger partial charge in [0.15, 0.2) is 0 Å². The summed E-state index contributed by atoms with van der Waals surface area (Å²) >= 11 is 7.10. The maximum Gasteiger partial charge on any atom is 0.0967 e. The van der Waals surface area contributed by atoms with Crippen LogP contribution in [0.2, 0.25) is 0 Å². The Kier molecular flexibility index (Phi) is 3.99. The molecule has 1 unspecified atom stereocenters. The molecule has 0 saturated carbocycles. The van der Waals surface area contributed by atoms with Crippen molar-refractivity contribution in [1.82, 2.24) is 15.0 Å². The van der Waals surface area contributed by atoms with E-state index in [1.165, 1.54) is 0 Å². The summed E-state index contributed by atoms with van der Waals surface area (Å²) in [6, 6.07) is 6.06. The van der Waals surface area contributed by atoms with Crippen molar-refractivity contribution in [3.05, 3.63) is 40.1 Å². The van der Waals surface area contributed by atoms with Crippen LogP contribution in [0.3, 0.4) is 0 Å². The molecule has 0 N–H and O–H groups in total. The lowest BCUT2D eigenvalue weighted by atomic mass is 10.2. The van der Waals surface area contributed by atoms with E-state index in [0.717, 1.165) is 27.8 Å². The van der Waals surface area contributed by atoms with Gasteiger partial charge in [0, 0.05) is 4.47 Å². The van der Waals surface area contributed by atoms with Gasteiger partial charge in [0.2, 0.25) is 0 Å². The van der Waals surface area contributed by atoms with Crippen molar-refractivity contribution in [3.8, 4) is 5.69 Å². The lowest BCUT2D eigenvalue weighted by molar-refractivity contribution is 0.786. The minimum atomic E-state index is 0.267. The SMILES string of the molecule is CCC(Br)c1cn(-c2cccc(Br)c2C)nn1. The van der Waals surface area contributed by atoms with Crippen molar-refractivity contribution in [2.45, 2.75) is 25.1 Å². The van der Waals surface area contributed by atoms with Gasteiger partial charge in [-0.3, -0.25) is 0 Å². The van der Waals surface area contributed by atoms with E-state index >= 15 is 0 Å². The van der Waals surface area contributed by atoms with Gasteiger partial charge in [-0.05, 0) is 31.0 Å². The van der Waals surface area contributed by atoms with E-state index < -0.39 is 0 Å². The topological polar surface area (TPSA) is 30.7 Å². The van der Waals surface area contributed by atoms with E-state index in [1.54, 1.807) is 0 Å². The molecule has 90 valence electrons. The number of benzene rings is 1. The first-order chi connectivity index (χ1) is 8.13. The maximum absolute atomic E-state index is 4.18. The summed E-state index contributed by atoms with van der Waals surface area (Å²) in [6.07, 6.45) is 2.97. The first kappa shape index (κ1) is 12.8. The molecule has 0 amide bonds. The van der Waals surface area contributed by atoms with Crippen molar-refractivity contribution >= 4 is 31.9 Å². The summed E-state index contributed by atoms with van der Waals surface area (Å²) in [7, 11) is 0.